The summed E-state index contributed by atoms with van der Waals surface area (Å²) in [5, 5.41) is 6.46. The Kier molecular flexibility index (Phi) is 5.96. The van der Waals surface area contributed by atoms with Gasteiger partial charge in [-0.25, -0.2) is 0 Å². The van der Waals surface area contributed by atoms with Gasteiger partial charge >= 0.3 is 0 Å². The minimum atomic E-state index is -0.0745. The topological polar surface area (TPSA) is 41.1 Å². The SMILES string of the molecule is CCCNC(=O)C(C)NC1C(C)CCCC1C. The largest absolute Gasteiger partial charge is 0.355 e. The predicted octanol–water partition coefficient (Wildman–Crippen LogP) is 2.32. The van der Waals surface area contributed by atoms with Crippen LogP contribution in [0.2, 0.25) is 0 Å². The van der Waals surface area contributed by atoms with Gasteiger partial charge in [0.1, 0.15) is 0 Å². The van der Waals surface area contributed by atoms with E-state index >= 15 is 0 Å². The molecular formula is C14H28N2O. The van der Waals surface area contributed by atoms with E-state index in [0.717, 1.165) is 13.0 Å². The van der Waals surface area contributed by atoms with E-state index < -0.39 is 0 Å². The fraction of sp³-hybridized carbons (Fsp3) is 0.929. The van der Waals surface area contributed by atoms with Gasteiger partial charge in [0.05, 0.1) is 6.04 Å². The summed E-state index contributed by atoms with van der Waals surface area (Å²) < 4.78 is 0. The van der Waals surface area contributed by atoms with Crippen LogP contribution in [0.4, 0.5) is 0 Å². The quantitative estimate of drug-likeness (QED) is 0.774. The van der Waals surface area contributed by atoms with Crippen LogP contribution in [-0.2, 0) is 4.79 Å². The second kappa shape index (κ2) is 7.00. The molecule has 1 amide bonds. The summed E-state index contributed by atoms with van der Waals surface area (Å²) in [6, 6.07) is 0.417. The Morgan fingerprint density at radius 2 is 1.88 bits per heavy atom. The normalized spacial score (nSPS) is 30.9. The first-order chi connectivity index (χ1) is 8.06. The average molecular weight is 240 g/mol. The Labute approximate surface area is 106 Å². The highest BCUT2D eigenvalue weighted by molar-refractivity contribution is 5.81. The van der Waals surface area contributed by atoms with Gasteiger partial charge in [0, 0.05) is 12.6 Å². The minimum absolute atomic E-state index is 0.0745. The average Bonchev–Trinajstić information content (AvgIpc) is 2.30. The summed E-state index contributed by atoms with van der Waals surface area (Å²) in [5.74, 6) is 1.50. The zero-order chi connectivity index (χ0) is 12.8. The van der Waals surface area contributed by atoms with Gasteiger partial charge in [0.15, 0.2) is 0 Å². The zero-order valence-electron chi connectivity index (χ0n) is 11.8. The highest BCUT2D eigenvalue weighted by Gasteiger charge is 2.29. The second-order valence-electron chi connectivity index (χ2n) is 5.59. The smallest absolute Gasteiger partial charge is 0.236 e. The van der Waals surface area contributed by atoms with Crippen LogP contribution in [0.3, 0.4) is 0 Å². The molecule has 0 heterocycles. The summed E-state index contributed by atoms with van der Waals surface area (Å²) in [6.07, 6.45) is 4.89. The Morgan fingerprint density at radius 1 is 1.29 bits per heavy atom. The van der Waals surface area contributed by atoms with Gasteiger partial charge in [-0.05, 0) is 38.0 Å². The van der Waals surface area contributed by atoms with Crippen molar-refractivity contribution in [2.24, 2.45) is 11.8 Å². The molecule has 1 saturated carbocycles. The molecule has 1 aliphatic carbocycles. The lowest BCUT2D eigenvalue weighted by atomic mass is 9.78. The lowest BCUT2D eigenvalue weighted by Crippen LogP contribution is -2.52. The molecule has 3 atom stereocenters. The number of nitrogens with one attached hydrogen (secondary N) is 2. The molecule has 100 valence electrons. The number of rotatable bonds is 5. The highest BCUT2D eigenvalue weighted by Crippen LogP contribution is 2.29. The molecule has 3 unspecified atom stereocenters. The van der Waals surface area contributed by atoms with Crippen molar-refractivity contribution in [2.75, 3.05) is 6.54 Å². The number of carbonyl (C=O) groups is 1. The number of amides is 1. The molecule has 1 rings (SSSR count). The van der Waals surface area contributed by atoms with Gasteiger partial charge < -0.3 is 10.6 Å². The third kappa shape index (κ3) is 4.30. The van der Waals surface area contributed by atoms with E-state index in [1.807, 2.05) is 6.92 Å². The molecule has 1 aliphatic rings. The van der Waals surface area contributed by atoms with Gasteiger partial charge in [0.25, 0.3) is 0 Å². The van der Waals surface area contributed by atoms with Gasteiger partial charge in [-0.2, -0.15) is 0 Å². The van der Waals surface area contributed by atoms with Crippen molar-refractivity contribution in [3.05, 3.63) is 0 Å². The molecule has 3 nitrogen and oxygen atoms in total. The number of hydrogen-bond acceptors (Lipinski definition) is 2. The van der Waals surface area contributed by atoms with Crippen LogP contribution in [0, 0.1) is 11.8 Å². The molecule has 3 heteroatoms. The molecule has 0 radical (unpaired) electrons. The molecule has 0 aromatic rings. The van der Waals surface area contributed by atoms with Crippen molar-refractivity contribution in [2.45, 2.75) is 65.5 Å². The van der Waals surface area contributed by atoms with Crippen molar-refractivity contribution in [1.82, 2.24) is 10.6 Å². The Bertz CT molecular complexity index is 232. The summed E-state index contributed by atoms with van der Waals surface area (Å²) >= 11 is 0. The van der Waals surface area contributed by atoms with Crippen molar-refractivity contribution in [3.63, 3.8) is 0 Å². The van der Waals surface area contributed by atoms with E-state index in [-0.39, 0.29) is 11.9 Å². The maximum atomic E-state index is 11.8. The zero-order valence-corrected chi connectivity index (χ0v) is 11.8. The first-order valence-electron chi connectivity index (χ1n) is 7.10. The first kappa shape index (κ1) is 14.5. The summed E-state index contributed by atoms with van der Waals surface area (Å²) in [7, 11) is 0. The van der Waals surface area contributed by atoms with E-state index in [2.05, 4.69) is 31.4 Å². The van der Waals surface area contributed by atoms with Crippen LogP contribution in [0.1, 0.15) is 53.4 Å². The minimum Gasteiger partial charge on any atom is -0.355 e. The predicted molar refractivity (Wildman–Crippen MR) is 71.9 cm³/mol. The van der Waals surface area contributed by atoms with Crippen LogP contribution >= 0.6 is 0 Å². The van der Waals surface area contributed by atoms with Gasteiger partial charge in [0.2, 0.25) is 5.91 Å². The Hall–Kier alpha value is -0.570. The third-order valence-corrected chi connectivity index (χ3v) is 3.93. The maximum absolute atomic E-state index is 11.8. The summed E-state index contributed by atoms with van der Waals surface area (Å²) in [4.78, 5) is 11.8. The third-order valence-electron chi connectivity index (χ3n) is 3.93. The molecule has 0 aromatic carbocycles. The van der Waals surface area contributed by atoms with Crippen molar-refractivity contribution in [3.8, 4) is 0 Å². The van der Waals surface area contributed by atoms with Crippen LogP contribution in [0.15, 0.2) is 0 Å². The van der Waals surface area contributed by atoms with Crippen molar-refractivity contribution in [1.29, 1.82) is 0 Å². The number of hydrogen-bond donors (Lipinski definition) is 2. The standard InChI is InChI=1S/C14H28N2O/c1-5-9-15-14(17)12(4)16-13-10(2)7-6-8-11(13)3/h10-13,16H,5-9H2,1-4H3,(H,15,17). The Balaban J connectivity index is 2.42. The molecule has 0 aromatic heterocycles. The molecule has 0 saturated heterocycles. The van der Waals surface area contributed by atoms with E-state index in [0.29, 0.717) is 17.9 Å². The number of carbonyl (C=O) groups excluding carboxylic acids is 1. The monoisotopic (exact) mass is 240 g/mol. The molecule has 0 bridgehead atoms. The van der Waals surface area contributed by atoms with E-state index in [1.54, 1.807) is 0 Å². The van der Waals surface area contributed by atoms with Crippen molar-refractivity contribution >= 4 is 5.91 Å². The maximum Gasteiger partial charge on any atom is 0.236 e. The molecule has 0 spiro atoms. The fourth-order valence-corrected chi connectivity index (χ4v) is 2.78. The van der Waals surface area contributed by atoms with Gasteiger partial charge in [-0.1, -0.05) is 27.2 Å². The first-order valence-corrected chi connectivity index (χ1v) is 7.10. The van der Waals surface area contributed by atoms with Gasteiger partial charge in [-0.15, -0.1) is 0 Å². The summed E-state index contributed by atoms with van der Waals surface area (Å²) in [6.45, 7) is 9.41. The lowest BCUT2D eigenvalue weighted by molar-refractivity contribution is -0.123. The molecule has 2 N–H and O–H groups in total. The van der Waals surface area contributed by atoms with E-state index in [1.165, 1.54) is 19.3 Å². The molecule has 1 fully saturated rings. The lowest BCUT2D eigenvalue weighted by Gasteiger charge is -2.37. The second-order valence-corrected chi connectivity index (χ2v) is 5.59. The van der Waals surface area contributed by atoms with E-state index in [9.17, 15) is 4.79 Å². The van der Waals surface area contributed by atoms with Crippen molar-refractivity contribution < 1.29 is 4.79 Å². The molecule has 0 aliphatic heterocycles. The van der Waals surface area contributed by atoms with E-state index in [4.69, 9.17) is 0 Å². The van der Waals surface area contributed by atoms with Crippen LogP contribution < -0.4 is 10.6 Å². The highest BCUT2D eigenvalue weighted by atomic mass is 16.2. The Morgan fingerprint density at radius 3 is 2.41 bits per heavy atom. The van der Waals surface area contributed by atoms with Crippen LogP contribution in [-0.4, -0.2) is 24.5 Å². The molecular weight excluding hydrogens is 212 g/mol. The van der Waals surface area contributed by atoms with Crippen LogP contribution in [0.5, 0.6) is 0 Å². The van der Waals surface area contributed by atoms with Gasteiger partial charge in [-0.3, -0.25) is 4.79 Å². The molecule has 17 heavy (non-hydrogen) atoms. The van der Waals surface area contributed by atoms with Crippen LogP contribution in [0.25, 0.3) is 0 Å². The fourth-order valence-electron chi connectivity index (χ4n) is 2.78. The summed E-state index contributed by atoms with van der Waals surface area (Å²) in [5.41, 5.74) is 0.